The van der Waals surface area contributed by atoms with Crippen LogP contribution in [0, 0.1) is 13.8 Å². The predicted molar refractivity (Wildman–Crippen MR) is 60.3 cm³/mol. The van der Waals surface area contributed by atoms with E-state index in [0.29, 0.717) is 5.58 Å². The van der Waals surface area contributed by atoms with Crippen LogP contribution in [0.5, 0.6) is 0 Å². The normalized spacial score (nSPS) is 10.9. The van der Waals surface area contributed by atoms with Gasteiger partial charge in [0, 0.05) is 9.86 Å². The number of rotatable bonds is 1. The molecule has 0 aliphatic rings. The molecule has 2 aromatic rings. The zero-order valence-corrected chi connectivity index (χ0v) is 9.88. The van der Waals surface area contributed by atoms with Crippen molar-refractivity contribution in [1.29, 1.82) is 0 Å². The van der Waals surface area contributed by atoms with Gasteiger partial charge in [0.1, 0.15) is 5.58 Å². The highest BCUT2D eigenvalue weighted by Gasteiger charge is 2.14. The standard InChI is InChI=1S/C11H9BrO3/c1-5-3-8-7(6(2)10(5)12)4-9(15-8)11(13)14/h3-4H,1-2H3,(H,13,14). The lowest BCUT2D eigenvalue weighted by Gasteiger charge is -2.02. The Morgan fingerprint density at radius 3 is 2.67 bits per heavy atom. The van der Waals surface area contributed by atoms with Crippen LogP contribution >= 0.6 is 15.9 Å². The van der Waals surface area contributed by atoms with Crippen LogP contribution in [0.15, 0.2) is 21.0 Å². The first-order valence-electron chi connectivity index (χ1n) is 4.43. The predicted octanol–water partition coefficient (Wildman–Crippen LogP) is 3.51. The molecule has 0 amide bonds. The van der Waals surface area contributed by atoms with E-state index in [-0.39, 0.29) is 5.76 Å². The second-order valence-electron chi connectivity index (χ2n) is 3.46. The zero-order valence-electron chi connectivity index (χ0n) is 8.30. The van der Waals surface area contributed by atoms with Crippen LogP contribution < -0.4 is 0 Å². The van der Waals surface area contributed by atoms with Gasteiger partial charge in [-0.1, -0.05) is 15.9 Å². The Kier molecular flexibility index (Phi) is 2.31. The summed E-state index contributed by atoms with van der Waals surface area (Å²) in [6.45, 7) is 3.88. The van der Waals surface area contributed by atoms with E-state index in [1.165, 1.54) is 0 Å². The number of furan rings is 1. The van der Waals surface area contributed by atoms with Crippen molar-refractivity contribution in [2.24, 2.45) is 0 Å². The quantitative estimate of drug-likeness (QED) is 0.861. The number of carboxylic acid groups (broad SMARTS) is 1. The summed E-state index contributed by atoms with van der Waals surface area (Å²) < 4.78 is 6.22. The van der Waals surface area contributed by atoms with Crippen LogP contribution in [-0.4, -0.2) is 11.1 Å². The van der Waals surface area contributed by atoms with Crippen LogP contribution in [0.1, 0.15) is 21.7 Å². The Bertz CT molecular complexity index is 554. The first-order chi connectivity index (χ1) is 7.00. The average molecular weight is 269 g/mol. The first kappa shape index (κ1) is 10.2. The number of hydrogen-bond acceptors (Lipinski definition) is 2. The highest BCUT2D eigenvalue weighted by Crippen LogP contribution is 2.31. The van der Waals surface area contributed by atoms with E-state index in [1.807, 2.05) is 19.9 Å². The Labute approximate surface area is 94.8 Å². The van der Waals surface area contributed by atoms with E-state index in [4.69, 9.17) is 9.52 Å². The molecule has 1 N–H and O–H groups in total. The summed E-state index contributed by atoms with van der Waals surface area (Å²) >= 11 is 3.46. The SMILES string of the molecule is Cc1cc2oc(C(=O)O)cc2c(C)c1Br. The lowest BCUT2D eigenvalue weighted by atomic mass is 10.1. The molecule has 0 spiro atoms. The number of carboxylic acids is 1. The smallest absolute Gasteiger partial charge is 0.371 e. The molecule has 0 saturated carbocycles. The van der Waals surface area contributed by atoms with Gasteiger partial charge in [-0.2, -0.15) is 0 Å². The molecule has 3 nitrogen and oxygen atoms in total. The Balaban J connectivity index is 2.82. The summed E-state index contributed by atoms with van der Waals surface area (Å²) in [7, 11) is 0. The van der Waals surface area contributed by atoms with Crippen LogP contribution in [0.4, 0.5) is 0 Å². The maximum Gasteiger partial charge on any atom is 0.371 e. The molecular weight excluding hydrogens is 260 g/mol. The van der Waals surface area contributed by atoms with E-state index in [9.17, 15) is 4.79 Å². The maximum absolute atomic E-state index is 10.7. The molecule has 0 aliphatic carbocycles. The average Bonchev–Trinajstić information content (AvgIpc) is 2.58. The van der Waals surface area contributed by atoms with E-state index in [1.54, 1.807) is 6.07 Å². The van der Waals surface area contributed by atoms with Crippen molar-refractivity contribution in [3.05, 3.63) is 33.5 Å². The van der Waals surface area contributed by atoms with Crippen LogP contribution in [0.3, 0.4) is 0 Å². The number of halogens is 1. The summed E-state index contributed by atoms with van der Waals surface area (Å²) in [5.74, 6) is -1.06. The molecule has 0 saturated heterocycles. The second-order valence-corrected chi connectivity index (χ2v) is 4.25. The molecule has 0 aliphatic heterocycles. The molecule has 1 aromatic heterocycles. The number of benzene rings is 1. The molecule has 78 valence electrons. The van der Waals surface area contributed by atoms with Crippen molar-refractivity contribution in [3.63, 3.8) is 0 Å². The molecule has 0 atom stereocenters. The third-order valence-electron chi connectivity index (χ3n) is 2.40. The molecule has 2 rings (SSSR count). The van der Waals surface area contributed by atoms with Gasteiger partial charge in [0.15, 0.2) is 0 Å². The van der Waals surface area contributed by atoms with Crippen LogP contribution in [0.25, 0.3) is 11.0 Å². The Morgan fingerprint density at radius 2 is 2.07 bits per heavy atom. The van der Waals surface area contributed by atoms with E-state index < -0.39 is 5.97 Å². The largest absolute Gasteiger partial charge is 0.475 e. The minimum Gasteiger partial charge on any atom is -0.475 e. The number of aryl methyl sites for hydroxylation is 2. The van der Waals surface area contributed by atoms with Gasteiger partial charge in [0.25, 0.3) is 0 Å². The van der Waals surface area contributed by atoms with Gasteiger partial charge in [-0.15, -0.1) is 0 Å². The van der Waals surface area contributed by atoms with Gasteiger partial charge >= 0.3 is 5.97 Å². The van der Waals surface area contributed by atoms with Crippen molar-refractivity contribution >= 4 is 32.9 Å². The third-order valence-corrected chi connectivity index (χ3v) is 3.62. The third kappa shape index (κ3) is 1.55. The molecule has 0 bridgehead atoms. The number of fused-ring (bicyclic) bond motifs is 1. The fourth-order valence-corrected chi connectivity index (χ4v) is 1.91. The van der Waals surface area contributed by atoms with Crippen LogP contribution in [0.2, 0.25) is 0 Å². The van der Waals surface area contributed by atoms with Crippen molar-refractivity contribution in [2.45, 2.75) is 13.8 Å². The van der Waals surface area contributed by atoms with Crippen LogP contribution in [-0.2, 0) is 0 Å². The lowest BCUT2D eigenvalue weighted by molar-refractivity contribution is 0.0665. The fourth-order valence-electron chi connectivity index (χ4n) is 1.58. The molecular formula is C11H9BrO3. The molecule has 1 aromatic carbocycles. The minimum atomic E-state index is -1.04. The summed E-state index contributed by atoms with van der Waals surface area (Å²) in [5.41, 5.74) is 2.65. The first-order valence-corrected chi connectivity index (χ1v) is 5.22. The zero-order chi connectivity index (χ0) is 11.2. The monoisotopic (exact) mass is 268 g/mol. The molecule has 0 radical (unpaired) electrons. The lowest BCUT2D eigenvalue weighted by Crippen LogP contribution is -1.91. The van der Waals surface area contributed by atoms with E-state index in [2.05, 4.69) is 15.9 Å². The van der Waals surface area contributed by atoms with Crippen molar-refractivity contribution in [3.8, 4) is 0 Å². The number of hydrogen-bond donors (Lipinski definition) is 1. The van der Waals surface area contributed by atoms with Gasteiger partial charge in [0.2, 0.25) is 5.76 Å². The summed E-state index contributed by atoms with van der Waals surface area (Å²) in [5, 5.41) is 9.65. The number of carbonyl (C=O) groups is 1. The minimum absolute atomic E-state index is 0.0226. The highest BCUT2D eigenvalue weighted by atomic mass is 79.9. The van der Waals surface area contributed by atoms with Gasteiger partial charge < -0.3 is 9.52 Å². The highest BCUT2D eigenvalue weighted by molar-refractivity contribution is 9.10. The molecule has 0 fully saturated rings. The molecule has 1 heterocycles. The fraction of sp³-hybridized carbons (Fsp3) is 0.182. The van der Waals surface area contributed by atoms with Gasteiger partial charge in [0.05, 0.1) is 0 Å². The van der Waals surface area contributed by atoms with Gasteiger partial charge in [-0.3, -0.25) is 0 Å². The maximum atomic E-state index is 10.7. The Morgan fingerprint density at radius 1 is 1.40 bits per heavy atom. The molecule has 15 heavy (non-hydrogen) atoms. The van der Waals surface area contributed by atoms with Crippen molar-refractivity contribution in [2.75, 3.05) is 0 Å². The van der Waals surface area contributed by atoms with E-state index in [0.717, 1.165) is 21.0 Å². The molecule has 0 unspecified atom stereocenters. The Hall–Kier alpha value is -1.29. The van der Waals surface area contributed by atoms with Crippen molar-refractivity contribution in [1.82, 2.24) is 0 Å². The van der Waals surface area contributed by atoms with E-state index >= 15 is 0 Å². The summed E-state index contributed by atoms with van der Waals surface area (Å²) in [4.78, 5) is 10.7. The number of aromatic carboxylic acids is 1. The summed E-state index contributed by atoms with van der Waals surface area (Å²) in [6, 6.07) is 3.38. The molecule has 4 heteroatoms. The van der Waals surface area contributed by atoms with Gasteiger partial charge in [-0.05, 0) is 37.1 Å². The van der Waals surface area contributed by atoms with Crippen molar-refractivity contribution < 1.29 is 14.3 Å². The topological polar surface area (TPSA) is 50.4 Å². The van der Waals surface area contributed by atoms with Gasteiger partial charge in [-0.25, -0.2) is 4.79 Å². The summed E-state index contributed by atoms with van der Waals surface area (Å²) in [6.07, 6.45) is 0. The second kappa shape index (κ2) is 3.38.